The molecule has 0 bridgehead atoms. The lowest BCUT2D eigenvalue weighted by Crippen LogP contribution is -2.35. The fraction of sp³-hybridized carbons (Fsp3) is 0.385. The summed E-state index contributed by atoms with van der Waals surface area (Å²) in [6.07, 6.45) is 6.58. The Hall–Kier alpha value is -0.850. The second kappa shape index (κ2) is 5.64. The third-order valence-corrected chi connectivity index (χ3v) is 5.52. The van der Waals surface area contributed by atoms with E-state index in [2.05, 4.69) is 26.7 Å². The van der Waals surface area contributed by atoms with Crippen LogP contribution in [0.3, 0.4) is 0 Å². The van der Waals surface area contributed by atoms with Crippen LogP contribution in [0.5, 0.6) is 0 Å². The molecule has 1 atom stereocenters. The average molecular weight is 345 g/mol. The van der Waals surface area contributed by atoms with E-state index in [0.717, 1.165) is 19.3 Å². The number of hydrogen-bond donors (Lipinski definition) is 2. The molecular formula is C13H17BrN2O2S. The molecule has 0 amide bonds. The van der Waals surface area contributed by atoms with Crippen LogP contribution in [-0.2, 0) is 10.0 Å². The van der Waals surface area contributed by atoms with Gasteiger partial charge in [0.15, 0.2) is 0 Å². The van der Waals surface area contributed by atoms with Gasteiger partial charge in [0.1, 0.15) is 0 Å². The van der Waals surface area contributed by atoms with E-state index in [1.165, 1.54) is 6.07 Å². The summed E-state index contributed by atoms with van der Waals surface area (Å²) in [7, 11) is -3.51. The molecule has 6 heteroatoms. The molecule has 2 rings (SSSR count). The quantitative estimate of drug-likeness (QED) is 0.654. The summed E-state index contributed by atoms with van der Waals surface area (Å²) < 4.78 is 28.2. The summed E-state index contributed by atoms with van der Waals surface area (Å²) in [6, 6.07) is 3.20. The zero-order valence-corrected chi connectivity index (χ0v) is 13.1. The van der Waals surface area contributed by atoms with Gasteiger partial charge in [-0.3, -0.25) is 0 Å². The Morgan fingerprint density at radius 2 is 2.11 bits per heavy atom. The Morgan fingerprint density at radius 3 is 2.74 bits per heavy atom. The summed E-state index contributed by atoms with van der Waals surface area (Å²) in [5.41, 5.74) is 6.88. The smallest absolute Gasteiger partial charge is 0.241 e. The van der Waals surface area contributed by atoms with Gasteiger partial charge < -0.3 is 5.73 Å². The average Bonchev–Trinajstić information content (AvgIpc) is 2.34. The van der Waals surface area contributed by atoms with Gasteiger partial charge in [-0.2, -0.15) is 0 Å². The fourth-order valence-electron chi connectivity index (χ4n) is 2.14. The molecule has 0 saturated carbocycles. The van der Waals surface area contributed by atoms with Crippen molar-refractivity contribution >= 4 is 31.6 Å². The molecule has 3 N–H and O–H groups in total. The van der Waals surface area contributed by atoms with Crippen molar-refractivity contribution < 1.29 is 8.42 Å². The van der Waals surface area contributed by atoms with Crippen LogP contribution in [0.4, 0.5) is 5.69 Å². The van der Waals surface area contributed by atoms with E-state index in [4.69, 9.17) is 5.73 Å². The zero-order valence-electron chi connectivity index (χ0n) is 10.7. The molecule has 0 heterocycles. The van der Waals surface area contributed by atoms with E-state index in [1.54, 1.807) is 13.0 Å². The van der Waals surface area contributed by atoms with Crippen molar-refractivity contribution in [3.63, 3.8) is 0 Å². The summed E-state index contributed by atoms with van der Waals surface area (Å²) >= 11 is 3.30. The number of allylic oxidation sites excluding steroid dienone is 1. The van der Waals surface area contributed by atoms with E-state index < -0.39 is 10.0 Å². The van der Waals surface area contributed by atoms with Crippen LogP contribution in [-0.4, -0.2) is 14.5 Å². The number of aryl methyl sites for hydroxylation is 1. The number of hydrogen-bond acceptors (Lipinski definition) is 3. The number of anilines is 1. The molecule has 1 aromatic carbocycles. The normalized spacial score (nSPS) is 19.6. The minimum atomic E-state index is -3.51. The van der Waals surface area contributed by atoms with E-state index in [1.807, 2.05) is 6.08 Å². The predicted octanol–water partition coefficient (Wildman–Crippen LogP) is 2.73. The first kappa shape index (κ1) is 14.6. The monoisotopic (exact) mass is 344 g/mol. The molecule has 4 nitrogen and oxygen atoms in total. The lowest BCUT2D eigenvalue weighted by Gasteiger charge is -2.20. The Bertz CT molecular complexity index is 611. The highest BCUT2D eigenvalue weighted by atomic mass is 79.9. The van der Waals surface area contributed by atoms with Crippen molar-refractivity contribution in [2.45, 2.75) is 37.1 Å². The van der Waals surface area contributed by atoms with Crippen molar-refractivity contribution in [2.75, 3.05) is 5.73 Å². The van der Waals surface area contributed by atoms with Gasteiger partial charge in [0.25, 0.3) is 0 Å². The minimum Gasteiger partial charge on any atom is -0.398 e. The maximum Gasteiger partial charge on any atom is 0.241 e. The molecule has 19 heavy (non-hydrogen) atoms. The van der Waals surface area contributed by atoms with Crippen LogP contribution >= 0.6 is 15.9 Å². The van der Waals surface area contributed by atoms with Crippen LogP contribution in [0.1, 0.15) is 24.8 Å². The molecular weight excluding hydrogens is 328 g/mol. The van der Waals surface area contributed by atoms with Crippen LogP contribution in [0.2, 0.25) is 0 Å². The highest BCUT2D eigenvalue weighted by molar-refractivity contribution is 9.10. The second-order valence-electron chi connectivity index (χ2n) is 4.74. The lowest BCUT2D eigenvalue weighted by atomic mass is 10.0. The third kappa shape index (κ3) is 3.38. The first-order valence-electron chi connectivity index (χ1n) is 6.13. The molecule has 0 fully saturated rings. The molecule has 1 aromatic rings. The molecule has 1 unspecified atom stereocenters. The number of nitrogen functional groups attached to an aromatic ring is 1. The molecule has 0 aliphatic heterocycles. The molecule has 0 saturated heterocycles. The SMILES string of the molecule is Cc1cc(Br)c(N)cc1S(=O)(=O)NC1CC=CCC1. The fourth-order valence-corrected chi connectivity index (χ4v) is 4.14. The maximum atomic E-state index is 12.4. The van der Waals surface area contributed by atoms with Crippen molar-refractivity contribution in [3.8, 4) is 0 Å². The van der Waals surface area contributed by atoms with Crippen LogP contribution < -0.4 is 10.5 Å². The highest BCUT2D eigenvalue weighted by Crippen LogP contribution is 2.27. The van der Waals surface area contributed by atoms with E-state index in [9.17, 15) is 8.42 Å². The number of sulfonamides is 1. The standard InChI is InChI=1S/C13H17BrN2O2S/c1-9-7-11(14)12(15)8-13(9)19(17,18)16-10-5-3-2-4-6-10/h2-3,7-8,10,16H,4-6,15H2,1H3. The summed E-state index contributed by atoms with van der Waals surface area (Å²) in [5.74, 6) is 0. The van der Waals surface area contributed by atoms with Crippen molar-refractivity contribution in [1.82, 2.24) is 4.72 Å². The van der Waals surface area contributed by atoms with E-state index in [0.29, 0.717) is 15.7 Å². The number of rotatable bonds is 3. The Morgan fingerprint density at radius 1 is 1.37 bits per heavy atom. The number of nitrogens with two attached hydrogens (primary N) is 1. The first-order chi connectivity index (χ1) is 8.90. The zero-order chi connectivity index (χ0) is 14.0. The van der Waals surface area contributed by atoms with Crippen molar-refractivity contribution in [2.24, 2.45) is 0 Å². The Labute approximate surface area is 122 Å². The molecule has 0 spiro atoms. The van der Waals surface area contributed by atoms with Gasteiger partial charge >= 0.3 is 0 Å². The van der Waals surface area contributed by atoms with Crippen LogP contribution in [0.15, 0.2) is 33.7 Å². The van der Waals surface area contributed by atoms with Gasteiger partial charge in [0.2, 0.25) is 10.0 Å². The number of benzene rings is 1. The second-order valence-corrected chi connectivity index (χ2v) is 7.28. The summed E-state index contributed by atoms with van der Waals surface area (Å²) in [6.45, 7) is 1.76. The maximum absolute atomic E-state index is 12.4. The lowest BCUT2D eigenvalue weighted by molar-refractivity contribution is 0.522. The molecule has 1 aliphatic carbocycles. The molecule has 0 radical (unpaired) electrons. The highest BCUT2D eigenvalue weighted by Gasteiger charge is 2.22. The van der Waals surface area contributed by atoms with Gasteiger partial charge in [-0.15, -0.1) is 0 Å². The summed E-state index contributed by atoms with van der Waals surface area (Å²) in [5, 5.41) is 0. The van der Waals surface area contributed by atoms with Crippen molar-refractivity contribution in [1.29, 1.82) is 0 Å². The first-order valence-corrected chi connectivity index (χ1v) is 8.41. The Kier molecular flexibility index (Phi) is 4.32. The van der Waals surface area contributed by atoms with Crippen LogP contribution in [0, 0.1) is 6.92 Å². The van der Waals surface area contributed by atoms with Gasteiger partial charge in [-0.05, 0) is 59.8 Å². The van der Waals surface area contributed by atoms with Gasteiger partial charge in [-0.25, -0.2) is 13.1 Å². The molecule has 1 aliphatic rings. The molecule has 0 aromatic heterocycles. The Balaban J connectivity index is 2.29. The van der Waals surface area contributed by atoms with Gasteiger partial charge in [0.05, 0.1) is 4.90 Å². The van der Waals surface area contributed by atoms with Crippen LogP contribution in [0.25, 0.3) is 0 Å². The topological polar surface area (TPSA) is 72.2 Å². The number of nitrogens with one attached hydrogen (secondary N) is 1. The van der Waals surface area contributed by atoms with Gasteiger partial charge in [-0.1, -0.05) is 12.2 Å². The molecule has 104 valence electrons. The third-order valence-electron chi connectivity index (χ3n) is 3.17. The minimum absolute atomic E-state index is 0.0285. The number of halogens is 1. The largest absolute Gasteiger partial charge is 0.398 e. The van der Waals surface area contributed by atoms with E-state index >= 15 is 0 Å². The predicted molar refractivity (Wildman–Crippen MR) is 80.4 cm³/mol. The summed E-state index contributed by atoms with van der Waals surface area (Å²) in [4.78, 5) is 0.253. The van der Waals surface area contributed by atoms with Crippen molar-refractivity contribution in [3.05, 3.63) is 34.3 Å². The van der Waals surface area contributed by atoms with E-state index in [-0.39, 0.29) is 10.9 Å². The van der Waals surface area contributed by atoms with Gasteiger partial charge in [0, 0.05) is 16.2 Å².